The summed E-state index contributed by atoms with van der Waals surface area (Å²) in [4.78, 5) is 8.47. The quantitative estimate of drug-likeness (QED) is 0.875. The maximum absolute atomic E-state index is 4.35. The van der Waals surface area contributed by atoms with E-state index in [1.54, 1.807) is 0 Å². The summed E-state index contributed by atoms with van der Waals surface area (Å²) < 4.78 is 0. The van der Waals surface area contributed by atoms with Gasteiger partial charge in [-0.1, -0.05) is 6.07 Å². The van der Waals surface area contributed by atoms with Crippen LogP contribution in [0.1, 0.15) is 28.4 Å². The Morgan fingerprint density at radius 3 is 2.53 bits per heavy atom. The molecule has 3 heteroatoms. The van der Waals surface area contributed by atoms with Gasteiger partial charge < -0.3 is 5.32 Å². The van der Waals surface area contributed by atoms with Crippen LogP contribution in [0.4, 0.5) is 0 Å². The summed E-state index contributed by atoms with van der Waals surface area (Å²) in [7, 11) is 1.96. The number of aryl methyl sites for hydroxylation is 2. The summed E-state index contributed by atoms with van der Waals surface area (Å²) in [5.74, 6) is 0. The standard InChI is InChI=1S/C14H17N3/c1-10-8-16-7-6-13(10)14(15-3)12-5-4-11(2)17-9-12/h4-9,14-15H,1-3H3. The van der Waals surface area contributed by atoms with Crippen LogP contribution in [0, 0.1) is 13.8 Å². The summed E-state index contributed by atoms with van der Waals surface area (Å²) in [5, 5.41) is 3.33. The fourth-order valence-electron chi connectivity index (χ4n) is 1.96. The van der Waals surface area contributed by atoms with Crippen LogP contribution in [-0.2, 0) is 0 Å². The van der Waals surface area contributed by atoms with Crippen molar-refractivity contribution >= 4 is 0 Å². The molecule has 0 bridgehead atoms. The smallest absolute Gasteiger partial charge is 0.0593 e. The van der Waals surface area contributed by atoms with Crippen molar-refractivity contribution in [2.75, 3.05) is 7.05 Å². The monoisotopic (exact) mass is 227 g/mol. The lowest BCUT2D eigenvalue weighted by Crippen LogP contribution is -2.19. The first-order valence-corrected chi connectivity index (χ1v) is 5.72. The van der Waals surface area contributed by atoms with Crippen molar-refractivity contribution in [2.24, 2.45) is 0 Å². The molecule has 0 radical (unpaired) electrons. The van der Waals surface area contributed by atoms with E-state index in [1.165, 1.54) is 16.7 Å². The van der Waals surface area contributed by atoms with Gasteiger partial charge in [-0.25, -0.2) is 0 Å². The van der Waals surface area contributed by atoms with Crippen LogP contribution in [0.5, 0.6) is 0 Å². The second-order valence-electron chi connectivity index (χ2n) is 4.19. The molecule has 17 heavy (non-hydrogen) atoms. The molecule has 2 heterocycles. The molecule has 1 unspecified atom stereocenters. The Labute approximate surface area is 102 Å². The van der Waals surface area contributed by atoms with Crippen molar-refractivity contribution in [2.45, 2.75) is 19.9 Å². The zero-order valence-electron chi connectivity index (χ0n) is 10.4. The maximum Gasteiger partial charge on any atom is 0.0593 e. The van der Waals surface area contributed by atoms with Gasteiger partial charge in [-0.2, -0.15) is 0 Å². The van der Waals surface area contributed by atoms with Gasteiger partial charge in [0.2, 0.25) is 0 Å². The lowest BCUT2D eigenvalue weighted by Gasteiger charge is -2.18. The number of hydrogen-bond donors (Lipinski definition) is 1. The third-order valence-corrected chi connectivity index (χ3v) is 2.93. The first-order valence-electron chi connectivity index (χ1n) is 5.72. The minimum atomic E-state index is 0.172. The summed E-state index contributed by atoms with van der Waals surface area (Å²) in [5.41, 5.74) is 4.64. The highest BCUT2D eigenvalue weighted by atomic mass is 14.9. The Balaban J connectivity index is 2.40. The minimum absolute atomic E-state index is 0.172. The number of hydrogen-bond acceptors (Lipinski definition) is 3. The molecule has 2 rings (SSSR count). The van der Waals surface area contributed by atoms with E-state index < -0.39 is 0 Å². The van der Waals surface area contributed by atoms with Gasteiger partial charge in [0.15, 0.2) is 0 Å². The highest BCUT2D eigenvalue weighted by Gasteiger charge is 2.13. The van der Waals surface area contributed by atoms with Gasteiger partial charge >= 0.3 is 0 Å². The van der Waals surface area contributed by atoms with Gasteiger partial charge in [-0.05, 0) is 49.7 Å². The summed E-state index contributed by atoms with van der Waals surface area (Å²) in [6.45, 7) is 4.07. The van der Waals surface area contributed by atoms with Crippen molar-refractivity contribution in [3.8, 4) is 0 Å². The van der Waals surface area contributed by atoms with Crippen LogP contribution in [0.2, 0.25) is 0 Å². The topological polar surface area (TPSA) is 37.8 Å². The molecule has 0 aliphatic carbocycles. The van der Waals surface area contributed by atoms with Crippen molar-refractivity contribution < 1.29 is 0 Å². The Morgan fingerprint density at radius 2 is 1.94 bits per heavy atom. The molecule has 3 nitrogen and oxygen atoms in total. The van der Waals surface area contributed by atoms with Crippen LogP contribution in [0.25, 0.3) is 0 Å². The SMILES string of the molecule is CNC(c1ccc(C)nc1)c1ccncc1C. The van der Waals surface area contributed by atoms with Crippen LogP contribution in [0.3, 0.4) is 0 Å². The molecule has 0 aromatic carbocycles. The van der Waals surface area contributed by atoms with Crippen molar-refractivity contribution in [1.29, 1.82) is 0 Å². The number of aromatic nitrogens is 2. The largest absolute Gasteiger partial charge is 0.309 e. The van der Waals surface area contributed by atoms with E-state index in [0.717, 1.165) is 5.69 Å². The summed E-state index contributed by atoms with van der Waals surface area (Å²) >= 11 is 0. The molecule has 0 spiro atoms. The van der Waals surface area contributed by atoms with Crippen LogP contribution in [0.15, 0.2) is 36.8 Å². The van der Waals surface area contributed by atoms with E-state index in [-0.39, 0.29) is 6.04 Å². The zero-order valence-corrected chi connectivity index (χ0v) is 10.4. The van der Waals surface area contributed by atoms with Crippen LogP contribution in [-0.4, -0.2) is 17.0 Å². The van der Waals surface area contributed by atoms with Gasteiger partial charge in [-0.3, -0.25) is 9.97 Å². The molecule has 2 aromatic heterocycles. The summed E-state index contributed by atoms with van der Waals surface area (Å²) in [6, 6.07) is 6.38. The molecular formula is C14H17N3. The van der Waals surface area contributed by atoms with Gasteiger partial charge in [0, 0.05) is 24.3 Å². The lowest BCUT2D eigenvalue weighted by atomic mass is 9.98. The van der Waals surface area contributed by atoms with E-state index in [9.17, 15) is 0 Å². The molecule has 0 fully saturated rings. The first-order chi connectivity index (χ1) is 8.22. The Hall–Kier alpha value is -1.74. The molecular weight excluding hydrogens is 210 g/mol. The third-order valence-electron chi connectivity index (χ3n) is 2.93. The average molecular weight is 227 g/mol. The number of nitrogens with one attached hydrogen (secondary N) is 1. The lowest BCUT2D eigenvalue weighted by molar-refractivity contribution is 0.682. The molecule has 0 aliphatic rings. The molecule has 1 atom stereocenters. The second-order valence-corrected chi connectivity index (χ2v) is 4.19. The van der Waals surface area contributed by atoms with E-state index in [0.29, 0.717) is 0 Å². The fourth-order valence-corrected chi connectivity index (χ4v) is 1.96. The molecule has 1 N–H and O–H groups in total. The maximum atomic E-state index is 4.35. The van der Waals surface area contributed by atoms with Gasteiger partial charge in [0.25, 0.3) is 0 Å². The highest BCUT2D eigenvalue weighted by molar-refractivity contribution is 5.34. The molecule has 2 aromatic rings. The van der Waals surface area contributed by atoms with Crippen LogP contribution < -0.4 is 5.32 Å². The third kappa shape index (κ3) is 2.50. The van der Waals surface area contributed by atoms with Crippen molar-refractivity contribution in [3.63, 3.8) is 0 Å². The molecule has 88 valence electrons. The van der Waals surface area contributed by atoms with Crippen molar-refractivity contribution in [3.05, 3.63) is 59.2 Å². The van der Waals surface area contributed by atoms with Crippen LogP contribution >= 0.6 is 0 Å². The number of pyridine rings is 2. The molecule has 0 aliphatic heterocycles. The highest BCUT2D eigenvalue weighted by Crippen LogP contribution is 2.23. The minimum Gasteiger partial charge on any atom is -0.309 e. The van der Waals surface area contributed by atoms with Gasteiger partial charge in [0.1, 0.15) is 0 Å². The number of nitrogens with zero attached hydrogens (tertiary/aromatic N) is 2. The zero-order chi connectivity index (χ0) is 12.3. The number of rotatable bonds is 3. The van der Waals surface area contributed by atoms with Crippen molar-refractivity contribution in [1.82, 2.24) is 15.3 Å². The molecule has 0 saturated carbocycles. The average Bonchev–Trinajstić information content (AvgIpc) is 2.35. The summed E-state index contributed by atoms with van der Waals surface area (Å²) in [6.07, 6.45) is 5.64. The van der Waals surface area contributed by atoms with E-state index in [4.69, 9.17) is 0 Å². The van der Waals surface area contributed by atoms with E-state index in [2.05, 4.69) is 34.3 Å². The van der Waals surface area contributed by atoms with E-state index in [1.807, 2.05) is 38.6 Å². The predicted molar refractivity (Wildman–Crippen MR) is 68.9 cm³/mol. The normalized spacial score (nSPS) is 12.4. The Bertz CT molecular complexity index is 491. The second kappa shape index (κ2) is 5.06. The van der Waals surface area contributed by atoms with Gasteiger partial charge in [0.05, 0.1) is 6.04 Å². The predicted octanol–water partition coefficient (Wildman–Crippen LogP) is 2.40. The fraction of sp³-hybridized carbons (Fsp3) is 0.286. The Kier molecular flexibility index (Phi) is 3.49. The van der Waals surface area contributed by atoms with E-state index >= 15 is 0 Å². The van der Waals surface area contributed by atoms with Gasteiger partial charge in [-0.15, -0.1) is 0 Å². The molecule has 0 saturated heterocycles. The first kappa shape index (κ1) is 11.7. The molecule has 0 amide bonds. The Morgan fingerprint density at radius 1 is 1.12 bits per heavy atom.